The van der Waals surface area contributed by atoms with E-state index in [1.807, 2.05) is 73.1 Å². The van der Waals surface area contributed by atoms with Gasteiger partial charge in [-0.2, -0.15) is 5.10 Å². The highest BCUT2D eigenvalue weighted by molar-refractivity contribution is 5.93. The number of rotatable bonds is 5. The molecule has 0 bridgehead atoms. The van der Waals surface area contributed by atoms with Crippen LogP contribution in [0.5, 0.6) is 11.5 Å². The summed E-state index contributed by atoms with van der Waals surface area (Å²) in [6, 6.07) is 17.3. The lowest BCUT2D eigenvalue weighted by atomic mass is 10.1. The molecule has 0 fully saturated rings. The fraction of sp³-hybridized carbons (Fsp3) is 0.238. The van der Waals surface area contributed by atoms with Crippen molar-refractivity contribution in [2.45, 2.75) is 26.4 Å². The van der Waals surface area contributed by atoms with Crippen LogP contribution in [0, 0.1) is 0 Å². The van der Waals surface area contributed by atoms with Crippen LogP contribution in [-0.4, -0.2) is 22.5 Å². The molecule has 6 nitrogen and oxygen atoms in total. The van der Waals surface area contributed by atoms with Gasteiger partial charge in [-0.15, -0.1) is 0 Å². The number of fused-ring (bicyclic) bond motifs is 1. The standard InChI is InChI=1S/C21H21N3O3/c1-3-24-18(16-9-10-19-20(11-16)27-13-26-19)12-17(23-24)21(25)22-14(2)15-7-5-4-6-8-15/h4-12,14H,3,13H2,1-2H3,(H,22,25)/t14-/m1/s1. The molecule has 0 saturated heterocycles. The van der Waals surface area contributed by atoms with E-state index in [0.29, 0.717) is 18.0 Å². The van der Waals surface area contributed by atoms with Gasteiger partial charge < -0.3 is 14.8 Å². The van der Waals surface area contributed by atoms with Crippen molar-refractivity contribution in [1.82, 2.24) is 15.1 Å². The Kier molecular flexibility index (Phi) is 4.54. The number of nitrogens with zero attached hydrogens (tertiary/aromatic N) is 2. The van der Waals surface area contributed by atoms with Gasteiger partial charge in [-0.05, 0) is 43.7 Å². The summed E-state index contributed by atoms with van der Waals surface area (Å²) < 4.78 is 12.6. The SMILES string of the molecule is CCn1nc(C(=O)N[C@H](C)c2ccccc2)cc1-c1ccc2c(c1)OCO2. The topological polar surface area (TPSA) is 65.4 Å². The maximum atomic E-state index is 12.7. The number of carbonyl (C=O) groups excluding carboxylic acids is 1. The summed E-state index contributed by atoms with van der Waals surface area (Å²) in [5.74, 6) is 1.25. The zero-order chi connectivity index (χ0) is 18.8. The number of carbonyl (C=O) groups is 1. The highest BCUT2D eigenvalue weighted by atomic mass is 16.7. The van der Waals surface area contributed by atoms with E-state index < -0.39 is 0 Å². The third kappa shape index (κ3) is 3.38. The van der Waals surface area contributed by atoms with Gasteiger partial charge in [-0.3, -0.25) is 9.48 Å². The fourth-order valence-corrected chi connectivity index (χ4v) is 3.15. The number of aromatic nitrogens is 2. The number of hydrogen-bond donors (Lipinski definition) is 1. The molecule has 1 aromatic heterocycles. The predicted octanol–water partition coefficient (Wildman–Crippen LogP) is 3.79. The summed E-state index contributed by atoms with van der Waals surface area (Å²) >= 11 is 0. The van der Waals surface area contributed by atoms with Crippen molar-refractivity contribution in [2.24, 2.45) is 0 Å². The Labute approximate surface area is 157 Å². The molecule has 1 aliphatic rings. The number of nitrogens with one attached hydrogen (secondary N) is 1. The molecule has 1 aliphatic heterocycles. The molecule has 6 heteroatoms. The van der Waals surface area contributed by atoms with Crippen molar-refractivity contribution in [1.29, 1.82) is 0 Å². The van der Waals surface area contributed by atoms with Crippen molar-refractivity contribution in [3.8, 4) is 22.8 Å². The number of aryl methyl sites for hydroxylation is 1. The molecule has 1 atom stereocenters. The number of benzene rings is 2. The predicted molar refractivity (Wildman–Crippen MR) is 102 cm³/mol. The summed E-state index contributed by atoms with van der Waals surface area (Å²) in [6.45, 7) is 4.85. The molecule has 1 N–H and O–H groups in total. The highest BCUT2D eigenvalue weighted by Crippen LogP contribution is 2.36. The first kappa shape index (κ1) is 17.1. The molecule has 4 rings (SSSR count). The van der Waals surface area contributed by atoms with Gasteiger partial charge >= 0.3 is 0 Å². The van der Waals surface area contributed by atoms with Crippen LogP contribution < -0.4 is 14.8 Å². The van der Waals surface area contributed by atoms with Gasteiger partial charge in [0.05, 0.1) is 11.7 Å². The van der Waals surface area contributed by atoms with Gasteiger partial charge in [0, 0.05) is 12.1 Å². The van der Waals surface area contributed by atoms with Crippen LogP contribution in [0.15, 0.2) is 54.6 Å². The first-order chi connectivity index (χ1) is 13.2. The fourth-order valence-electron chi connectivity index (χ4n) is 3.15. The Morgan fingerprint density at radius 1 is 1.15 bits per heavy atom. The quantitative estimate of drug-likeness (QED) is 0.749. The minimum absolute atomic E-state index is 0.0977. The minimum Gasteiger partial charge on any atom is -0.454 e. The Morgan fingerprint density at radius 3 is 2.70 bits per heavy atom. The third-order valence-corrected chi connectivity index (χ3v) is 4.63. The molecule has 2 aromatic carbocycles. The molecule has 27 heavy (non-hydrogen) atoms. The monoisotopic (exact) mass is 363 g/mol. The summed E-state index contributed by atoms with van der Waals surface area (Å²) in [4.78, 5) is 12.7. The second-order valence-corrected chi connectivity index (χ2v) is 6.40. The highest BCUT2D eigenvalue weighted by Gasteiger charge is 2.19. The Morgan fingerprint density at radius 2 is 1.93 bits per heavy atom. The zero-order valence-electron chi connectivity index (χ0n) is 15.3. The lowest BCUT2D eigenvalue weighted by Gasteiger charge is -2.13. The molecule has 0 aliphatic carbocycles. The van der Waals surface area contributed by atoms with Crippen LogP contribution in [0.3, 0.4) is 0 Å². The Balaban J connectivity index is 1.58. The summed E-state index contributed by atoms with van der Waals surface area (Å²) in [5, 5.41) is 7.49. The summed E-state index contributed by atoms with van der Waals surface area (Å²) in [7, 11) is 0. The van der Waals surface area contributed by atoms with E-state index in [9.17, 15) is 4.79 Å². The third-order valence-electron chi connectivity index (χ3n) is 4.63. The van der Waals surface area contributed by atoms with Gasteiger partial charge in [0.2, 0.25) is 6.79 Å². The molecule has 1 amide bonds. The smallest absolute Gasteiger partial charge is 0.272 e. The molecule has 2 heterocycles. The van der Waals surface area contributed by atoms with Crippen LogP contribution in [0.1, 0.15) is 35.9 Å². The van der Waals surface area contributed by atoms with Crippen LogP contribution in [0.4, 0.5) is 0 Å². The van der Waals surface area contributed by atoms with Gasteiger partial charge in [-0.1, -0.05) is 30.3 Å². The lowest BCUT2D eigenvalue weighted by Crippen LogP contribution is -2.27. The van der Waals surface area contributed by atoms with Crippen LogP contribution >= 0.6 is 0 Å². The summed E-state index contributed by atoms with van der Waals surface area (Å²) in [6.07, 6.45) is 0. The van der Waals surface area contributed by atoms with Crippen LogP contribution in [-0.2, 0) is 6.54 Å². The van der Waals surface area contributed by atoms with Gasteiger partial charge in [0.15, 0.2) is 17.2 Å². The van der Waals surface area contributed by atoms with Crippen molar-refractivity contribution < 1.29 is 14.3 Å². The van der Waals surface area contributed by atoms with Crippen molar-refractivity contribution in [2.75, 3.05) is 6.79 Å². The van der Waals surface area contributed by atoms with Crippen LogP contribution in [0.25, 0.3) is 11.3 Å². The van der Waals surface area contributed by atoms with E-state index >= 15 is 0 Å². The van der Waals surface area contributed by atoms with E-state index in [1.54, 1.807) is 0 Å². The Hall–Kier alpha value is -3.28. The molecule has 0 unspecified atom stereocenters. The van der Waals surface area contributed by atoms with E-state index in [1.165, 1.54) is 0 Å². The number of ether oxygens (including phenoxy) is 2. The maximum absolute atomic E-state index is 12.7. The molecule has 0 radical (unpaired) electrons. The number of hydrogen-bond acceptors (Lipinski definition) is 4. The van der Waals surface area contributed by atoms with E-state index in [0.717, 1.165) is 22.6 Å². The maximum Gasteiger partial charge on any atom is 0.272 e. The average Bonchev–Trinajstić information content (AvgIpc) is 3.34. The molecule has 138 valence electrons. The zero-order valence-corrected chi connectivity index (χ0v) is 15.3. The number of amides is 1. The molecular formula is C21H21N3O3. The molecule has 3 aromatic rings. The average molecular weight is 363 g/mol. The van der Waals surface area contributed by atoms with E-state index in [2.05, 4.69) is 10.4 Å². The normalized spacial score (nSPS) is 13.4. The van der Waals surface area contributed by atoms with Gasteiger partial charge in [0.25, 0.3) is 5.91 Å². The molecule has 0 spiro atoms. The first-order valence-electron chi connectivity index (χ1n) is 8.99. The molecular weight excluding hydrogens is 342 g/mol. The second kappa shape index (κ2) is 7.15. The lowest BCUT2D eigenvalue weighted by molar-refractivity contribution is 0.0934. The van der Waals surface area contributed by atoms with Crippen LogP contribution in [0.2, 0.25) is 0 Å². The van der Waals surface area contributed by atoms with Gasteiger partial charge in [-0.25, -0.2) is 0 Å². The summed E-state index contributed by atoms with van der Waals surface area (Å²) in [5.41, 5.74) is 3.25. The Bertz CT molecular complexity index is 966. The minimum atomic E-state index is -0.194. The van der Waals surface area contributed by atoms with Crippen molar-refractivity contribution >= 4 is 5.91 Å². The molecule has 0 saturated carbocycles. The van der Waals surface area contributed by atoms with Crippen molar-refractivity contribution in [3.63, 3.8) is 0 Å². The largest absolute Gasteiger partial charge is 0.454 e. The van der Waals surface area contributed by atoms with E-state index in [4.69, 9.17) is 9.47 Å². The van der Waals surface area contributed by atoms with Gasteiger partial charge in [0.1, 0.15) is 0 Å². The van der Waals surface area contributed by atoms with Crippen molar-refractivity contribution in [3.05, 3.63) is 65.9 Å². The first-order valence-corrected chi connectivity index (χ1v) is 8.99. The van der Waals surface area contributed by atoms with E-state index in [-0.39, 0.29) is 18.7 Å². The second-order valence-electron chi connectivity index (χ2n) is 6.40.